The van der Waals surface area contributed by atoms with Gasteiger partial charge in [-0.25, -0.2) is 0 Å². The van der Waals surface area contributed by atoms with Crippen LogP contribution in [-0.4, -0.2) is 7.11 Å². The lowest BCUT2D eigenvalue weighted by Crippen LogP contribution is -1.77. The summed E-state index contributed by atoms with van der Waals surface area (Å²) >= 11 is 0. The van der Waals surface area contributed by atoms with Gasteiger partial charge in [0.15, 0.2) is 0 Å². The van der Waals surface area contributed by atoms with Crippen molar-refractivity contribution in [3.8, 4) is 0 Å². The van der Waals surface area contributed by atoms with Crippen LogP contribution in [0.25, 0.3) is 0 Å². The molecule has 0 aliphatic rings. The van der Waals surface area contributed by atoms with Crippen LogP contribution in [0.2, 0.25) is 0 Å². The van der Waals surface area contributed by atoms with E-state index in [-0.39, 0.29) is 6.40 Å². The first kappa shape index (κ1) is 5.67. The molecule has 0 aromatic rings. The fourth-order valence-electron chi connectivity index (χ4n) is 0.352. The van der Waals surface area contributed by atoms with E-state index in [9.17, 15) is 0 Å². The largest absolute Gasteiger partial charge is 0.502 e. The van der Waals surface area contributed by atoms with Gasteiger partial charge in [-0.05, 0) is 19.4 Å². The van der Waals surface area contributed by atoms with Crippen molar-refractivity contribution in [2.45, 2.75) is 26.7 Å². The van der Waals surface area contributed by atoms with E-state index in [1.807, 2.05) is 13.8 Å². The van der Waals surface area contributed by atoms with E-state index in [0.29, 0.717) is 0 Å². The standard InChI is InChI=1S/C7H14O/c1-4-5-6-7(2)8-3/h6H,4-5H2,1-3H3/b7-6-/i5D. The van der Waals surface area contributed by atoms with Crippen molar-refractivity contribution in [2.75, 3.05) is 7.11 Å². The summed E-state index contributed by atoms with van der Waals surface area (Å²) in [6, 6.07) is 0. The fraction of sp³-hybridized carbons (Fsp3) is 0.714. The summed E-state index contributed by atoms with van der Waals surface area (Å²) in [4.78, 5) is 0. The third-order valence-corrected chi connectivity index (χ3v) is 0.910. The molecule has 1 atom stereocenters. The maximum absolute atomic E-state index is 7.30. The van der Waals surface area contributed by atoms with E-state index >= 15 is 0 Å². The third-order valence-electron chi connectivity index (χ3n) is 0.910. The Labute approximate surface area is 52.8 Å². The molecule has 0 aromatic carbocycles. The van der Waals surface area contributed by atoms with E-state index in [4.69, 9.17) is 6.11 Å². The van der Waals surface area contributed by atoms with Crippen molar-refractivity contribution in [3.05, 3.63) is 11.8 Å². The quantitative estimate of drug-likeness (QED) is 0.513. The molecule has 0 aliphatic carbocycles. The average Bonchev–Trinajstić information content (AvgIpc) is 1.87. The molecule has 1 heteroatoms. The van der Waals surface area contributed by atoms with Gasteiger partial charge >= 0.3 is 0 Å². The molecule has 0 fully saturated rings. The Bertz CT molecular complexity index is 99.1. The maximum atomic E-state index is 7.30. The van der Waals surface area contributed by atoms with Crippen LogP contribution in [0.3, 0.4) is 0 Å². The number of allylic oxidation sites excluding steroid dienone is 2. The van der Waals surface area contributed by atoms with Crippen LogP contribution in [0.15, 0.2) is 11.8 Å². The normalized spacial score (nSPS) is 17.4. The Morgan fingerprint density at radius 2 is 2.50 bits per heavy atom. The number of rotatable bonds is 3. The Hall–Kier alpha value is -0.460. The lowest BCUT2D eigenvalue weighted by Gasteiger charge is -1.95. The van der Waals surface area contributed by atoms with Gasteiger partial charge in [-0.2, -0.15) is 0 Å². The summed E-state index contributed by atoms with van der Waals surface area (Å²) in [6.45, 7) is 3.84. The van der Waals surface area contributed by atoms with Crippen LogP contribution in [0.5, 0.6) is 0 Å². The summed E-state index contributed by atoms with van der Waals surface area (Å²) < 4.78 is 12.2. The second kappa shape index (κ2) is 4.69. The van der Waals surface area contributed by atoms with E-state index in [2.05, 4.69) is 0 Å². The molecule has 0 amide bonds. The van der Waals surface area contributed by atoms with Crippen molar-refractivity contribution >= 4 is 0 Å². The molecule has 0 spiro atoms. The fourth-order valence-corrected chi connectivity index (χ4v) is 0.352. The Kier molecular flexibility index (Phi) is 3.33. The van der Waals surface area contributed by atoms with Crippen molar-refractivity contribution in [1.29, 1.82) is 0 Å². The second-order valence-corrected chi connectivity index (χ2v) is 1.63. The molecule has 0 bridgehead atoms. The summed E-state index contributed by atoms with van der Waals surface area (Å²) in [5.74, 6) is 0.830. The molecule has 48 valence electrons. The average molecular weight is 115 g/mol. The van der Waals surface area contributed by atoms with Gasteiger partial charge in [0, 0.05) is 1.37 Å². The van der Waals surface area contributed by atoms with Gasteiger partial charge in [0.05, 0.1) is 12.9 Å². The lowest BCUT2D eigenvalue weighted by molar-refractivity contribution is 0.291. The second-order valence-electron chi connectivity index (χ2n) is 1.63. The molecule has 0 rings (SSSR count). The topological polar surface area (TPSA) is 9.23 Å². The summed E-state index contributed by atoms with van der Waals surface area (Å²) in [5.41, 5.74) is 0. The summed E-state index contributed by atoms with van der Waals surface area (Å²) in [7, 11) is 1.62. The predicted molar refractivity (Wildman–Crippen MR) is 35.7 cm³/mol. The number of methoxy groups -OCH3 is 1. The highest BCUT2D eigenvalue weighted by atomic mass is 16.5. The zero-order valence-electron chi connectivity index (χ0n) is 6.77. The van der Waals surface area contributed by atoms with E-state index < -0.39 is 0 Å². The van der Waals surface area contributed by atoms with Gasteiger partial charge < -0.3 is 4.74 Å². The van der Waals surface area contributed by atoms with E-state index in [0.717, 1.165) is 12.2 Å². The number of hydrogen-bond acceptors (Lipinski definition) is 1. The summed E-state index contributed by atoms with van der Waals surface area (Å²) in [6.07, 6.45) is 2.55. The first-order valence-electron chi connectivity index (χ1n) is 3.43. The minimum absolute atomic E-state index is 0.107. The van der Waals surface area contributed by atoms with Crippen molar-refractivity contribution in [3.63, 3.8) is 0 Å². The first-order valence-corrected chi connectivity index (χ1v) is 2.85. The van der Waals surface area contributed by atoms with Gasteiger partial charge in [0.2, 0.25) is 0 Å². The minimum Gasteiger partial charge on any atom is -0.502 e. The molecular formula is C7H14O. The number of ether oxygens (including phenoxy) is 1. The Balaban J connectivity index is 3.64. The molecule has 0 radical (unpaired) electrons. The summed E-state index contributed by atoms with van der Waals surface area (Å²) in [5, 5.41) is 0. The zero-order chi connectivity index (χ0) is 7.28. The van der Waals surface area contributed by atoms with Gasteiger partial charge in [-0.1, -0.05) is 13.3 Å². The van der Waals surface area contributed by atoms with Gasteiger partial charge in [0.1, 0.15) is 0 Å². The minimum atomic E-state index is -0.107. The molecule has 0 N–H and O–H groups in total. The maximum Gasteiger partial charge on any atom is 0.0884 e. The first-order chi connectivity index (χ1) is 4.20. The monoisotopic (exact) mass is 115 g/mol. The molecule has 0 aliphatic heterocycles. The van der Waals surface area contributed by atoms with E-state index in [1.54, 1.807) is 13.2 Å². The van der Waals surface area contributed by atoms with Crippen LogP contribution < -0.4 is 0 Å². The highest BCUT2D eigenvalue weighted by Gasteiger charge is 1.80. The van der Waals surface area contributed by atoms with Crippen molar-refractivity contribution in [2.24, 2.45) is 0 Å². The van der Waals surface area contributed by atoms with E-state index in [1.165, 1.54) is 0 Å². The molecular weight excluding hydrogens is 100 g/mol. The zero-order valence-corrected chi connectivity index (χ0v) is 5.77. The SMILES string of the molecule is [2H]C(/C=C(/C)OC)CC. The molecule has 0 saturated heterocycles. The van der Waals surface area contributed by atoms with Gasteiger partial charge in [-0.15, -0.1) is 0 Å². The van der Waals surface area contributed by atoms with Crippen LogP contribution in [0.1, 0.15) is 28.0 Å². The van der Waals surface area contributed by atoms with Crippen molar-refractivity contribution < 1.29 is 6.11 Å². The van der Waals surface area contributed by atoms with Crippen molar-refractivity contribution in [1.82, 2.24) is 0 Å². The number of hydrogen-bond donors (Lipinski definition) is 0. The predicted octanol–water partition coefficient (Wildman–Crippen LogP) is 2.34. The molecule has 0 aromatic heterocycles. The van der Waals surface area contributed by atoms with Crippen LogP contribution in [0.4, 0.5) is 0 Å². The van der Waals surface area contributed by atoms with Crippen LogP contribution >= 0.6 is 0 Å². The lowest BCUT2D eigenvalue weighted by atomic mass is 10.3. The molecule has 8 heavy (non-hydrogen) atoms. The Morgan fingerprint density at radius 3 is 2.88 bits per heavy atom. The molecule has 1 nitrogen and oxygen atoms in total. The molecule has 0 saturated carbocycles. The third kappa shape index (κ3) is 3.72. The molecule has 0 heterocycles. The Morgan fingerprint density at radius 1 is 1.88 bits per heavy atom. The van der Waals surface area contributed by atoms with Crippen LogP contribution in [-0.2, 0) is 4.74 Å². The highest BCUT2D eigenvalue weighted by Crippen LogP contribution is 1.96. The van der Waals surface area contributed by atoms with Gasteiger partial charge in [-0.3, -0.25) is 0 Å². The molecule has 1 unspecified atom stereocenters. The highest BCUT2D eigenvalue weighted by molar-refractivity contribution is 4.86. The van der Waals surface area contributed by atoms with Gasteiger partial charge in [0.25, 0.3) is 0 Å². The smallest absolute Gasteiger partial charge is 0.0884 e. The van der Waals surface area contributed by atoms with Crippen LogP contribution in [0, 0.1) is 0 Å².